The highest BCUT2D eigenvalue weighted by Crippen LogP contribution is 2.61. The third kappa shape index (κ3) is 5.03. The number of hydrogen-bond acceptors (Lipinski definition) is 0. The van der Waals surface area contributed by atoms with Crippen molar-refractivity contribution in [2.45, 2.75) is 83.5 Å². The standard InChI is InChI=1S/C44H48/c1-9-16-30(2)31-21-22-36(27-31)44(32-17-12-10-13-18-32,33-19-14-11-15-20-33)41-39-28-34(42(3,4)5)23-25-37(39)38-26-24-35(29-40(38)41)43(6,7)8/h9-15,17-21,23-30,41H,1,16,22H2,2-8H3. The summed E-state index contributed by atoms with van der Waals surface area (Å²) in [6.07, 6.45) is 9.02. The lowest BCUT2D eigenvalue weighted by atomic mass is 9.58. The van der Waals surface area contributed by atoms with E-state index in [0.29, 0.717) is 5.92 Å². The lowest BCUT2D eigenvalue weighted by Crippen LogP contribution is -2.37. The van der Waals surface area contributed by atoms with Gasteiger partial charge in [-0.1, -0.05) is 169 Å². The Morgan fingerprint density at radius 2 is 1.16 bits per heavy atom. The van der Waals surface area contributed by atoms with Crippen LogP contribution in [0.4, 0.5) is 0 Å². The normalized spacial score (nSPS) is 15.8. The van der Waals surface area contributed by atoms with Crippen LogP contribution in [0, 0.1) is 5.92 Å². The maximum atomic E-state index is 4.06. The SMILES string of the molecule is C=CCC(C)C1=CCC(C(c2ccccc2)(c2ccccc2)C2c3cc(C(C)(C)C)ccc3-c3ccc(C(C)(C)C)cc32)=C1. The smallest absolute Gasteiger partial charge is 0.0526 e. The molecule has 0 heteroatoms. The lowest BCUT2D eigenvalue weighted by Gasteiger charge is -2.43. The van der Waals surface area contributed by atoms with Gasteiger partial charge in [-0.25, -0.2) is 0 Å². The first-order chi connectivity index (χ1) is 21.0. The van der Waals surface area contributed by atoms with Crippen LogP contribution in [0.15, 0.2) is 133 Å². The second kappa shape index (κ2) is 11.2. The van der Waals surface area contributed by atoms with Crippen LogP contribution >= 0.6 is 0 Å². The van der Waals surface area contributed by atoms with Crippen molar-refractivity contribution >= 4 is 0 Å². The fourth-order valence-electron chi connectivity index (χ4n) is 7.67. The van der Waals surface area contributed by atoms with Crippen LogP contribution in [0.5, 0.6) is 0 Å². The van der Waals surface area contributed by atoms with E-state index in [1.165, 1.54) is 55.7 Å². The second-order valence-electron chi connectivity index (χ2n) is 15.1. The van der Waals surface area contributed by atoms with Gasteiger partial charge in [-0.3, -0.25) is 0 Å². The van der Waals surface area contributed by atoms with E-state index in [-0.39, 0.29) is 22.2 Å². The van der Waals surface area contributed by atoms with E-state index in [1.54, 1.807) is 0 Å². The van der Waals surface area contributed by atoms with Gasteiger partial charge in [-0.05, 0) is 79.7 Å². The van der Waals surface area contributed by atoms with Gasteiger partial charge in [0, 0.05) is 5.92 Å². The van der Waals surface area contributed by atoms with Crippen LogP contribution in [-0.2, 0) is 16.2 Å². The van der Waals surface area contributed by atoms with Crippen molar-refractivity contribution < 1.29 is 0 Å². The number of fused-ring (bicyclic) bond motifs is 3. The van der Waals surface area contributed by atoms with Gasteiger partial charge >= 0.3 is 0 Å². The predicted molar refractivity (Wildman–Crippen MR) is 190 cm³/mol. The molecule has 0 heterocycles. The molecule has 0 saturated carbocycles. The number of rotatable bonds is 7. The van der Waals surface area contributed by atoms with E-state index >= 15 is 0 Å². The molecular weight excluding hydrogens is 528 g/mol. The summed E-state index contributed by atoms with van der Waals surface area (Å²) >= 11 is 0. The molecule has 2 aliphatic rings. The van der Waals surface area contributed by atoms with Gasteiger partial charge in [0.15, 0.2) is 0 Å². The molecule has 4 aromatic carbocycles. The van der Waals surface area contributed by atoms with E-state index in [1.807, 2.05) is 0 Å². The third-order valence-electron chi connectivity index (χ3n) is 10.1. The van der Waals surface area contributed by atoms with Gasteiger partial charge in [0.25, 0.3) is 0 Å². The first-order valence-electron chi connectivity index (χ1n) is 16.4. The van der Waals surface area contributed by atoms with Crippen LogP contribution in [0.3, 0.4) is 0 Å². The zero-order valence-corrected chi connectivity index (χ0v) is 27.7. The van der Waals surface area contributed by atoms with Crippen LogP contribution in [-0.4, -0.2) is 0 Å². The fraction of sp³-hybridized carbons (Fsp3) is 0.318. The average Bonchev–Trinajstić information content (AvgIpc) is 3.62. The number of hydrogen-bond donors (Lipinski definition) is 0. The molecule has 0 aromatic heterocycles. The molecule has 0 bridgehead atoms. The van der Waals surface area contributed by atoms with Crippen molar-refractivity contribution in [3.63, 3.8) is 0 Å². The maximum Gasteiger partial charge on any atom is 0.0526 e. The van der Waals surface area contributed by atoms with E-state index in [9.17, 15) is 0 Å². The quantitative estimate of drug-likeness (QED) is 0.192. The molecule has 224 valence electrons. The first-order valence-corrected chi connectivity index (χ1v) is 16.4. The number of allylic oxidation sites excluding steroid dienone is 5. The van der Waals surface area contributed by atoms with Crippen LogP contribution < -0.4 is 0 Å². The Morgan fingerprint density at radius 3 is 1.59 bits per heavy atom. The Balaban J connectivity index is 1.74. The Hall–Kier alpha value is -3.90. The summed E-state index contributed by atoms with van der Waals surface area (Å²) in [7, 11) is 0. The zero-order valence-electron chi connectivity index (χ0n) is 27.7. The molecule has 0 amide bonds. The highest BCUT2D eigenvalue weighted by molar-refractivity contribution is 5.83. The highest BCUT2D eigenvalue weighted by Gasteiger charge is 2.51. The molecule has 0 radical (unpaired) electrons. The molecular formula is C44H48. The molecule has 1 unspecified atom stereocenters. The maximum absolute atomic E-state index is 4.06. The summed E-state index contributed by atoms with van der Waals surface area (Å²) in [6, 6.07) is 37.3. The van der Waals surface area contributed by atoms with E-state index in [2.05, 4.69) is 170 Å². The number of benzene rings is 4. The third-order valence-corrected chi connectivity index (χ3v) is 10.1. The summed E-state index contributed by atoms with van der Waals surface area (Å²) in [4.78, 5) is 0. The summed E-state index contributed by atoms with van der Waals surface area (Å²) in [5.74, 6) is 0.563. The predicted octanol–water partition coefficient (Wildman–Crippen LogP) is 11.8. The summed E-state index contributed by atoms with van der Waals surface area (Å²) < 4.78 is 0. The van der Waals surface area contributed by atoms with Crippen molar-refractivity contribution in [2.24, 2.45) is 5.92 Å². The van der Waals surface area contributed by atoms with E-state index < -0.39 is 0 Å². The van der Waals surface area contributed by atoms with Crippen molar-refractivity contribution in [2.75, 3.05) is 0 Å². The largest absolute Gasteiger partial charge is 0.103 e. The van der Waals surface area contributed by atoms with Gasteiger partial charge < -0.3 is 0 Å². The Bertz CT molecular complexity index is 1630. The van der Waals surface area contributed by atoms with Gasteiger partial charge in [0.1, 0.15) is 0 Å². The second-order valence-corrected chi connectivity index (χ2v) is 15.1. The van der Waals surface area contributed by atoms with E-state index in [4.69, 9.17) is 0 Å². The average molecular weight is 577 g/mol. The van der Waals surface area contributed by atoms with E-state index in [0.717, 1.165) is 12.8 Å². The van der Waals surface area contributed by atoms with Crippen LogP contribution in [0.25, 0.3) is 11.1 Å². The molecule has 2 aliphatic carbocycles. The molecule has 0 fully saturated rings. The lowest BCUT2D eigenvalue weighted by molar-refractivity contribution is 0.521. The molecule has 4 aromatic rings. The highest BCUT2D eigenvalue weighted by atomic mass is 14.5. The monoisotopic (exact) mass is 576 g/mol. The van der Waals surface area contributed by atoms with Gasteiger partial charge in [-0.2, -0.15) is 0 Å². The molecule has 0 spiro atoms. The molecule has 6 rings (SSSR count). The van der Waals surface area contributed by atoms with Crippen molar-refractivity contribution in [3.05, 3.63) is 166 Å². The minimum absolute atomic E-state index is 0.0501. The Kier molecular flexibility index (Phi) is 7.69. The van der Waals surface area contributed by atoms with Crippen molar-refractivity contribution in [1.82, 2.24) is 0 Å². The Morgan fingerprint density at radius 1 is 0.682 bits per heavy atom. The summed E-state index contributed by atoms with van der Waals surface area (Å²) in [6.45, 7) is 20.4. The fourth-order valence-corrected chi connectivity index (χ4v) is 7.67. The van der Waals surface area contributed by atoms with Gasteiger partial charge in [0.05, 0.1) is 5.41 Å². The van der Waals surface area contributed by atoms with Crippen LogP contribution in [0.2, 0.25) is 0 Å². The van der Waals surface area contributed by atoms with Gasteiger partial charge in [0.2, 0.25) is 0 Å². The molecule has 0 nitrogen and oxygen atoms in total. The molecule has 0 aliphatic heterocycles. The summed E-state index contributed by atoms with van der Waals surface area (Å²) in [5, 5.41) is 0. The first kappa shape index (κ1) is 30.1. The minimum Gasteiger partial charge on any atom is -0.103 e. The zero-order chi connectivity index (χ0) is 31.3. The molecule has 0 saturated heterocycles. The van der Waals surface area contributed by atoms with Crippen molar-refractivity contribution in [1.29, 1.82) is 0 Å². The molecule has 1 atom stereocenters. The van der Waals surface area contributed by atoms with Crippen molar-refractivity contribution in [3.8, 4) is 11.1 Å². The molecule has 44 heavy (non-hydrogen) atoms. The minimum atomic E-state index is -0.387. The summed E-state index contributed by atoms with van der Waals surface area (Å²) in [5.41, 5.74) is 13.8. The topological polar surface area (TPSA) is 0 Å². The molecule has 0 N–H and O–H groups in total. The Labute approximate surface area is 266 Å². The van der Waals surface area contributed by atoms with Crippen LogP contribution in [0.1, 0.15) is 101 Å². The van der Waals surface area contributed by atoms with Gasteiger partial charge in [-0.15, -0.1) is 6.58 Å².